The van der Waals surface area contributed by atoms with Crippen molar-refractivity contribution in [2.75, 3.05) is 37.4 Å². The highest BCUT2D eigenvalue weighted by molar-refractivity contribution is 6.00. The predicted molar refractivity (Wildman–Crippen MR) is 82.4 cm³/mol. The van der Waals surface area contributed by atoms with E-state index in [1.54, 1.807) is 18.2 Å². The van der Waals surface area contributed by atoms with Crippen LogP contribution in [0.2, 0.25) is 0 Å². The molecule has 116 valence electrons. The third-order valence-electron chi connectivity index (χ3n) is 3.78. The lowest BCUT2D eigenvalue weighted by molar-refractivity contribution is 0.0379. The number of amides is 1. The molecule has 0 unspecified atom stereocenters. The van der Waals surface area contributed by atoms with Gasteiger partial charge >= 0.3 is 0 Å². The van der Waals surface area contributed by atoms with E-state index in [1.807, 2.05) is 6.92 Å². The molecule has 0 aliphatic carbocycles. The number of aliphatic hydroxyl groups is 1. The molecule has 1 fully saturated rings. The summed E-state index contributed by atoms with van der Waals surface area (Å²) >= 11 is 0. The van der Waals surface area contributed by atoms with Crippen molar-refractivity contribution >= 4 is 17.3 Å². The van der Waals surface area contributed by atoms with Crippen molar-refractivity contribution in [1.82, 2.24) is 5.32 Å². The molecular formula is C15H23N3O3. The van der Waals surface area contributed by atoms with E-state index in [2.05, 4.69) is 10.6 Å². The van der Waals surface area contributed by atoms with Gasteiger partial charge in [-0.1, -0.05) is 0 Å². The van der Waals surface area contributed by atoms with Crippen molar-refractivity contribution in [3.8, 4) is 0 Å². The van der Waals surface area contributed by atoms with Crippen LogP contribution in [0.25, 0.3) is 0 Å². The van der Waals surface area contributed by atoms with Crippen molar-refractivity contribution in [3.63, 3.8) is 0 Å². The molecule has 0 atom stereocenters. The maximum absolute atomic E-state index is 12.1. The molecule has 1 aliphatic rings. The van der Waals surface area contributed by atoms with Crippen molar-refractivity contribution < 1.29 is 14.6 Å². The van der Waals surface area contributed by atoms with Gasteiger partial charge in [-0.15, -0.1) is 0 Å². The van der Waals surface area contributed by atoms with E-state index in [0.29, 0.717) is 49.5 Å². The van der Waals surface area contributed by atoms with Crippen LogP contribution in [0.3, 0.4) is 0 Å². The molecule has 21 heavy (non-hydrogen) atoms. The van der Waals surface area contributed by atoms with Crippen LogP contribution in [-0.4, -0.2) is 42.9 Å². The molecule has 6 heteroatoms. The molecule has 0 spiro atoms. The highest BCUT2D eigenvalue weighted by Gasteiger charge is 2.32. The number of hydrogen-bond donors (Lipinski definition) is 4. The van der Waals surface area contributed by atoms with Crippen LogP contribution >= 0.6 is 0 Å². The monoisotopic (exact) mass is 293 g/mol. The second kappa shape index (κ2) is 6.78. The molecule has 1 aromatic rings. The summed E-state index contributed by atoms with van der Waals surface area (Å²) in [6.45, 7) is 3.59. The normalized spacial score (nSPS) is 17.2. The first-order chi connectivity index (χ1) is 10.1. The number of aliphatic hydroxyl groups excluding tert-OH is 1. The van der Waals surface area contributed by atoms with Gasteiger partial charge in [-0.25, -0.2) is 0 Å². The van der Waals surface area contributed by atoms with Gasteiger partial charge in [0.25, 0.3) is 5.91 Å². The third kappa shape index (κ3) is 3.65. The average Bonchev–Trinajstić information content (AvgIpc) is 2.48. The number of hydrogen-bond acceptors (Lipinski definition) is 5. The van der Waals surface area contributed by atoms with Gasteiger partial charge in [0.2, 0.25) is 0 Å². The Balaban J connectivity index is 2.28. The molecule has 1 amide bonds. The number of nitrogens with one attached hydrogen (secondary N) is 2. The summed E-state index contributed by atoms with van der Waals surface area (Å²) in [5.74, 6) is -0.153. The maximum Gasteiger partial charge on any atom is 0.253 e. The smallest absolute Gasteiger partial charge is 0.253 e. The fourth-order valence-corrected chi connectivity index (χ4v) is 2.49. The molecule has 5 N–H and O–H groups in total. The number of anilines is 2. The number of nitrogen functional groups attached to an aromatic ring is 1. The van der Waals surface area contributed by atoms with E-state index in [4.69, 9.17) is 10.5 Å². The minimum Gasteiger partial charge on any atom is -0.399 e. The van der Waals surface area contributed by atoms with Gasteiger partial charge in [0, 0.05) is 31.1 Å². The highest BCUT2D eigenvalue weighted by atomic mass is 16.5. The minimum atomic E-state index is -0.465. The number of nitrogens with two attached hydrogens (primary N) is 1. The number of rotatable bonds is 5. The molecule has 0 aromatic heterocycles. The summed E-state index contributed by atoms with van der Waals surface area (Å²) in [5.41, 5.74) is 7.12. The van der Waals surface area contributed by atoms with Crippen LogP contribution in [0.1, 0.15) is 30.1 Å². The number of benzene rings is 1. The Bertz CT molecular complexity index is 499. The van der Waals surface area contributed by atoms with Crippen LogP contribution in [0, 0.1) is 0 Å². The zero-order chi connectivity index (χ0) is 15.3. The summed E-state index contributed by atoms with van der Waals surface area (Å²) in [7, 11) is 0. The van der Waals surface area contributed by atoms with Gasteiger partial charge in [-0.05, 0) is 38.0 Å². The Morgan fingerprint density at radius 2 is 2.14 bits per heavy atom. The zero-order valence-corrected chi connectivity index (χ0v) is 12.3. The quantitative estimate of drug-likeness (QED) is 0.607. The van der Waals surface area contributed by atoms with E-state index < -0.39 is 5.54 Å². The van der Waals surface area contributed by atoms with Crippen molar-refractivity contribution in [2.24, 2.45) is 0 Å². The highest BCUT2D eigenvalue weighted by Crippen LogP contribution is 2.29. The van der Waals surface area contributed by atoms with E-state index in [9.17, 15) is 9.90 Å². The molecule has 2 rings (SSSR count). The van der Waals surface area contributed by atoms with Crippen LogP contribution < -0.4 is 16.4 Å². The molecule has 6 nitrogen and oxygen atoms in total. The zero-order valence-electron chi connectivity index (χ0n) is 12.3. The van der Waals surface area contributed by atoms with Gasteiger partial charge in [0.1, 0.15) is 0 Å². The Kier molecular flexibility index (Phi) is 5.03. The standard InChI is InChI=1S/C15H23N3O3/c1-2-17-14(20)12-4-3-11(16)9-13(12)18-15(10-19)5-7-21-8-6-15/h3-4,9,18-19H,2,5-8,10,16H2,1H3,(H,17,20). The predicted octanol–water partition coefficient (Wildman–Crippen LogP) is 0.972. The van der Waals surface area contributed by atoms with Crippen molar-refractivity contribution in [1.29, 1.82) is 0 Å². The summed E-state index contributed by atoms with van der Waals surface area (Å²) < 4.78 is 5.35. The molecule has 1 saturated heterocycles. The van der Waals surface area contributed by atoms with E-state index in [0.717, 1.165) is 0 Å². The van der Waals surface area contributed by atoms with Crippen molar-refractivity contribution in [3.05, 3.63) is 23.8 Å². The molecule has 0 radical (unpaired) electrons. The maximum atomic E-state index is 12.1. The molecule has 1 aromatic carbocycles. The number of carbonyl (C=O) groups is 1. The lowest BCUT2D eigenvalue weighted by Crippen LogP contribution is -2.47. The summed E-state index contributed by atoms with van der Waals surface area (Å²) in [6, 6.07) is 5.13. The fourth-order valence-electron chi connectivity index (χ4n) is 2.49. The molecule has 0 bridgehead atoms. The first kappa shape index (κ1) is 15.6. The Hall–Kier alpha value is -1.79. The molecular weight excluding hydrogens is 270 g/mol. The first-order valence-corrected chi connectivity index (χ1v) is 7.25. The lowest BCUT2D eigenvalue weighted by Gasteiger charge is -2.37. The van der Waals surface area contributed by atoms with Gasteiger partial charge < -0.3 is 26.2 Å². The van der Waals surface area contributed by atoms with Gasteiger partial charge in [-0.2, -0.15) is 0 Å². The van der Waals surface area contributed by atoms with Gasteiger partial charge in [-0.3, -0.25) is 4.79 Å². The molecule has 0 saturated carbocycles. The third-order valence-corrected chi connectivity index (χ3v) is 3.78. The average molecular weight is 293 g/mol. The van der Waals surface area contributed by atoms with Crippen LogP contribution in [0.15, 0.2) is 18.2 Å². The lowest BCUT2D eigenvalue weighted by atomic mass is 9.90. The summed E-state index contributed by atoms with van der Waals surface area (Å²) in [4.78, 5) is 12.1. The first-order valence-electron chi connectivity index (χ1n) is 7.25. The number of carbonyl (C=O) groups excluding carboxylic acids is 1. The Morgan fingerprint density at radius 1 is 1.43 bits per heavy atom. The van der Waals surface area contributed by atoms with E-state index >= 15 is 0 Å². The van der Waals surface area contributed by atoms with Crippen molar-refractivity contribution in [2.45, 2.75) is 25.3 Å². The summed E-state index contributed by atoms with van der Waals surface area (Å²) in [5, 5.41) is 15.9. The van der Waals surface area contributed by atoms with E-state index in [1.165, 1.54) is 0 Å². The number of ether oxygens (including phenoxy) is 1. The molecule has 1 heterocycles. The SMILES string of the molecule is CCNC(=O)c1ccc(N)cc1NC1(CO)CCOCC1. The second-order valence-electron chi connectivity index (χ2n) is 5.34. The van der Waals surface area contributed by atoms with E-state index in [-0.39, 0.29) is 12.5 Å². The second-order valence-corrected chi connectivity index (χ2v) is 5.34. The fraction of sp³-hybridized carbons (Fsp3) is 0.533. The summed E-state index contributed by atoms with van der Waals surface area (Å²) in [6.07, 6.45) is 1.38. The Labute approximate surface area is 124 Å². The van der Waals surface area contributed by atoms with Crippen LogP contribution in [0.4, 0.5) is 11.4 Å². The molecule has 1 aliphatic heterocycles. The Morgan fingerprint density at radius 3 is 2.76 bits per heavy atom. The topological polar surface area (TPSA) is 96.6 Å². The van der Waals surface area contributed by atoms with Crippen LogP contribution in [-0.2, 0) is 4.74 Å². The van der Waals surface area contributed by atoms with Gasteiger partial charge in [0.05, 0.1) is 17.7 Å². The van der Waals surface area contributed by atoms with Crippen LogP contribution in [0.5, 0.6) is 0 Å². The van der Waals surface area contributed by atoms with Gasteiger partial charge in [0.15, 0.2) is 0 Å². The largest absolute Gasteiger partial charge is 0.399 e. The minimum absolute atomic E-state index is 0.0139.